The second-order valence-corrected chi connectivity index (χ2v) is 6.63. The van der Waals surface area contributed by atoms with Gasteiger partial charge in [-0.1, -0.05) is 6.92 Å². The number of nitrogen functional groups attached to an aromatic ring is 1. The molecule has 6 heteroatoms. The van der Waals surface area contributed by atoms with Crippen molar-refractivity contribution in [3.63, 3.8) is 0 Å². The van der Waals surface area contributed by atoms with Gasteiger partial charge in [-0.2, -0.15) is 0 Å². The van der Waals surface area contributed by atoms with Crippen LogP contribution in [0, 0.1) is 19.8 Å². The lowest BCUT2D eigenvalue weighted by atomic mass is 10.1. The maximum absolute atomic E-state index is 12.3. The van der Waals surface area contributed by atoms with Gasteiger partial charge in [0, 0.05) is 25.9 Å². The van der Waals surface area contributed by atoms with E-state index in [1.54, 1.807) is 26.2 Å². The highest BCUT2D eigenvalue weighted by Crippen LogP contribution is 2.22. The van der Waals surface area contributed by atoms with Crippen molar-refractivity contribution in [3.05, 3.63) is 23.3 Å². The molecule has 0 saturated heterocycles. The summed E-state index contributed by atoms with van der Waals surface area (Å²) in [5.41, 5.74) is 7.71. The lowest BCUT2D eigenvalue weighted by molar-refractivity contribution is 0.161. The molecule has 1 aromatic rings. The maximum Gasteiger partial charge on any atom is 0.240 e. The average Bonchev–Trinajstić information content (AvgIpc) is 2.31. The minimum Gasteiger partial charge on any atom is -0.398 e. The first-order chi connectivity index (χ1) is 8.77. The molecule has 108 valence electrons. The zero-order valence-corrected chi connectivity index (χ0v) is 12.7. The van der Waals surface area contributed by atoms with E-state index in [0.717, 1.165) is 5.56 Å². The van der Waals surface area contributed by atoms with Gasteiger partial charge in [0.25, 0.3) is 0 Å². The molecule has 0 aliphatic heterocycles. The van der Waals surface area contributed by atoms with E-state index in [0.29, 0.717) is 24.4 Å². The van der Waals surface area contributed by atoms with E-state index in [9.17, 15) is 8.42 Å². The first-order valence-electron chi connectivity index (χ1n) is 6.13. The molecule has 5 nitrogen and oxygen atoms in total. The molecule has 0 fully saturated rings. The van der Waals surface area contributed by atoms with Crippen LogP contribution >= 0.6 is 0 Å². The van der Waals surface area contributed by atoms with Gasteiger partial charge in [0.1, 0.15) is 0 Å². The van der Waals surface area contributed by atoms with Crippen LogP contribution in [0.1, 0.15) is 18.1 Å². The first kappa shape index (κ1) is 15.9. The molecule has 1 atom stereocenters. The van der Waals surface area contributed by atoms with Gasteiger partial charge in [-0.3, -0.25) is 0 Å². The smallest absolute Gasteiger partial charge is 0.240 e. The van der Waals surface area contributed by atoms with Crippen molar-refractivity contribution in [3.8, 4) is 0 Å². The molecule has 0 bridgehead atoms. The summed E-state index contributed by atoms with van der Waals surface area (Å²) in [6.07, 6.45) is 0. The molecule has 0 saturated carbocycles. The summed E-state index contributed by atoms with van der Waals surface area (Å²) in [4.78, 5) is 0.245. The molecule has 0 amide bonds. The Hall–Kier alpha value is -1.11. The van der Waals surface area contributed by atoms with Crippen LogP contribution < -0.4 is 10.5 Å². The van der Waals surface area contributed by atoms with Crippen LogP contribution in [0.5, 0.6) is 0 Å². The Balaban J connectivity index is 2.95. The van der Waals surface area contributed by atoms with E-state index in [-0.39, 0.29) is 10.8 Å². The molecule has 19 heavy (non-hydrogen) atoms. The molecule has 0 aromatic heterocycles. The Morgan fingerprint density at radius 2 is 2.00 bits per heavy atom. The number of nitrogens with two attached hydrogens (primary N) is 1. The number of anilines is 1. The molecule has 1 rings (SSSR count). The van der Waals surface area contributed by atoms with Crippen LogP contribution in [-0.4, -0.2) is 28.7 Å². The average molecular weight is 286 g/mol. The van der Waals surface area contributed by atoms with Gasteiger partial charge in [-0.15, -0.1) is 0 Å². The quantitative estimate of drug-likeness (QED) is 0.775. The van der Waals surface area contributed by atoms with E-state index in [2.05, 4.69) is 4.72 Å². The molecule has 3 N–H and O–H groups in total. The van der Waals surface area contributed by atoms with Crippen LogP contribution in [0.4, 0.5) is 5.69 Å². The van der Waals surface area contributed by atoms with Crippen LogP contribution in [0.25, 0.3) is 0 Å². The van der Waals surface area contributed by atoms with Crippen LogP contribution in [0.15, 0.2) is 17.0 Å². The Morgan fingerprint density at radius 1 is 1.37 bits per heavy atom. The van der Waals surface area contributed by atoms with Crippen molar-refractivity contribution >= 4 is 15.7 Å². The number of aryl methyl sites for hydroxylation is 1. The second-order valence-electron chi connectivity index (χ2n) is 4.89. The molecule has 0 aliphatic rings. The van der Waals surface area contributed by atoms with Gasteiger partial charge >= 0.3 is 0 Å². The van der Waals surface area contributed by atoms with Gasteiger partial charge in [0.2, 0.25) is 10.0 Å². The standard InChI is InChI=1S/C13H22N2O3S/c1-9-5-12(14)11(3)13(6-9)19(16,17)15-7-10(2)8-18-4/h5-6,10,15H,7-8,14H2,1-4H3. The van der Waals surface area contributed by atoms with E-state index in [1.807, 2.05) is 13.8 Å². The minimum absolute atomic E-state index is 0.113. The van der Waals surface area contributed by atoms with Crippen molar-refractivity contribution < 1.29 is 13.2 Å². The predicted octanol–water partition coefficient (Wildman–Crippen LogP) is 1.45. The fourth-order valence-electron chi connectivity index (χ4n) is 1.80. The van der Waals surface area contributed by atoms with E-state index < -0.39 is 10.0 Å². The summed E-state index contributed by atoms with van der Waals surface area (Å²) < 4.78 is 32.1. The van der Waals surface area contributed by atoms with Crippen LogP contribution in [0.3, 0.4) is 0 Å². The highest BCUT2D eigenvalue weighted by Gasteiger charge is 2.19. The summed E-state index contributed by atoms with van der Waals surface area (Å²) in [5, 5.41) is 0. The number of sulfonamides is 1. The van der Waals surface area contributed by atoms with E-state index in [1.165, 1.54) is 0 Å². The third-order valence-corrected chi connectivity index (χ3v) is 4.46. The number of rotatable bonds is 6. The number of hydrogen-bond acceptors (Lipinski definition) is 4. The van der Waals surface area contributed by atoms with Gasteiger partial charge in [0.15, 0.2) is 0 Å². The maximum atomic E-state index is 12.3. The fourth-order valence-corrected chi connectivity index (χ4v) is 3.33. The number of hydrogen-bond donors (Lipinski definition) is 2. The summed E-state index contributed by atoms with van der Waals surface area (Å²) in [5.74, 6) is 0.113. The van der Waals surface area contributed by atoms with Crippen molar-refractivity contribution in [2.45, 2.75) is 25.7 Å². The largest absolute Gasteiger partial charge is 0.398 e. The molecule has 0 radical (unpaired) electrons. The van der Waals surface area contributed by atoms with Crippen LogP contribution in [0.2, 0.25) is 0 Å². The zero-order valence-electron chi connectivity index (χ0n) is 11.9. The lowest BCUT2D eigenvalue weighted by Gasteiger charge is -2.14. The van der Waals surface area contributed by atoms with Gasteiger partial charge in [-0.05, 0) is 43.0 Å². The summed E-state index contributed by atoms with van der Waals surface area (Å²) in [6, 6.07) is 3.40. The third-order valence-electron chi connectivity index (χ3n) is 2.91. The topological polar surface area (TPSA) is 81.4 Å². The predicted molar refractivity (Wildman–Crippen MR) is 76.6 cm³/mol. The Kier molecular flexibility index (Phi) is 5.34. The van der Waals surface area contributed by atoms with E-state index in [4.69, 9.17) is 10.5 Å². The molecule has 0 heterocycles. The van der Waals surface area contributed by atoms with E-state index >= 15 is 0 Å². The lowest BCUT2D eigenvalue weighted by Crippen LogP contribution is -2.30. The third kappa shape index (κ3) is 4.19. The first-order valence-corrected chi connectivity index (χ1v) is 7.61. The molecule has 1 aromatic carbocycles. The monoisotopic (exact) mass is 286 g/mol. The minimum atomic E-state index is -3.53. The number of ether oxygens (including phenoxy) is 1. The summed E-state index contributed by atoms with van der Waals surface area (Å²) in [7, 11) is -1.94. The Morgan fingerprint density at radius 3 is 2.58 bits per heavy atom. The second kappa shape index (κ2) is 6.36. The SMILES string of the molecule is COCC(C)CNS(=O)(=O)c1cc(C)cc(N)c1C. The summed E-state index contributed by atoms with van der Waals surface area (Å²) in [6.45, 7) is 6.30. The zero-order chi connectivity index (χ0) is 14.6. The van der Waals surface area contributed by atoms with Crippen LogP contribution in [-0.2, 0) is 14.8 Å². The number of nitrogens with one attached hydrogen (secondary N) is 1. The van der Waals surface area contributed by atoms with Gasteiger partial charge in [0.05, 0.1) is 4.90 Å². The fraction of sp³-hybridized carbons (Fsp3) is 0.538. The molecule has 0 aliphatic carbocycles. The summed E-state index contributed by atoms with van der Waals surface area (Å²) >= 11 is 0. The molecular weight excluding hydrogens is 264 g/mol. The number of methoxy groups -OCH3 is 1. The molecule has 0 spiro atoms. The normalized spacial score (nSPS) is 13.5. The van der Waals surface area contributed by atoms with Crippen molar-refractivity contribution in [1.29, 1.82) is 0 Å². The van der Waals surface area contributed by atoms with Crippen molar-refractivity contribution in [1.82, 2.24) is 4.72 Å². The van der Waals surface area contributed by atoms with Gasteiger partial charge in [-0.25, -0.2) is 13.1 Å². The Bertz CT molecular complexity index is 541. The highest BCUT2D eigenvalue weighted by molar-refractivity contribution is 7.89. The molecule has 1 unspecified atom stereocenters. The van der Waals surface area contributed by atoms with Crippen molar-refractivity contribution in [2.75, 3.05) is 26.0 Å². The highest BCUT2D eigenvalue weighted by atomic mass is 32.2. The van der Waals surface area contributed by atoms with Crippen molar-refractivity contribution in [2.24, 2.45) is 5.92 Å². The number of benzene rings is 1. The Labute approximate surface area is 115 Å². The van der Waals surface area contributed by atoms with Gasteiger partial charge < -0.3 is 10.5 Å². The molecular formula is C13H22N2O3S.